The smallest absolute Gasteiger partial charge is 0.373 e. The van der Waals surface area contributed by atoms with Crippen molar-refractivity contribution in [2.45, 2.75) is 52.0 Å². The van der Waals surface area contributed by atoms with Crippen LogP contribution in [0.2, 0.25) is 0 Å². The Labute approximate surface area is 91.1 Å². The SMILES string of the molecule is CCCCCCNC(CC)C(=O)C(=O)O. The molecule has 0 aliphatic heterocycles. The van der Waals surface area contributed by atoms with E-state index in [1.54, 1.807) is 0 Å². The molecule has 4 nitrogen and oxygen atoms in total. The van der Waals surface area contributed by atoms with Gasteiger partial charge in [0.25, 0.3) is 5.78 Å². The van der Waals surface area contributed by atoms with Crippen LogP contribution in [0.3, 0.4) is 0 Å². The molecule has 0 amide bonds. The van der Waals surface area contributed by atoms with Gasteiger partial charge in [-0.05, 0) is 19.4 Å². The molecule has 2 N–H and O–H groups in total. The number of ketones is 1. The summed E-state index contributed by atoms with van der Waals surface area (Å²) < 4.78 is 0. The molecule has 0 aromatic rings. The first-order valence-electron chi connectivity index (χ1n) is 5.64. The summed E-state index contributed by atoms with van der Waals surface area (Å²) in [6.45, 7) is 4.66. The number of hydrogen-bond donors (Lipinski definition) is 2. The molecule has 0 aromatic heterocycles. The van der Waals surface area contributed by atoms with Gasteiger partial charge in [-0.15, -0.1) is 0 Å². The van der Waals surface area contributed by atoms with Gasteiger partial charge in [0.05, 0.1) is 6.04 Å². The molecule has 0 aromatic carbocycles. The summed E-state index contributed by atoms with van der Waals surface area (Å²) in [6, 6.07) is -0.524. The molecular weight excluding hydrogens is 194 g/mol. The fraction of sp³-hybridized carbons (Fsp3) is 0.818. The van der Waals surface area contributed by atoms with Crippen molar-refractivity contribution in [3.63, 3.8) is 0 Å². The zero-order valence-electron chi connectivity index (χ0n) is 9.58. The third-order valence-corrected chi connectivity index (χ3v) is 2.36. The Bertz CT molecular complexity index is 204. The monoisotopic (exact) mass is 215 g/mol. The highest BCUT2D eigenvalue weighted by Gasteiger charge is 2.21. The Morgan fingerprint density at radius 1 is 1.20 bits per heavy atom. The summed E-state index contributed by atoms with van der Waals surface area (Å²) in [5.41, 5.74) is 0. The lowest BCUT2D eigenvalue weighted by Gasteiger charge is -2.12. The number of carboxylic acid groups (broad SMARTS) is 1. The summed E-state index contributed by atoms with van der Waals surface area (Å²) in [4.78, 5) is 21.6. The maximum atomic E-state index is 11.1. The van der Waals surface area contributed by atoms with Crippen LogP contribution < -0.4 is 5.32 Å². The molecule has 0 radical (unpaired) electrons. The number of carbonyl (C=O) groups is 2. The van der Waals surface area contributed by atoms with E-state index in [1.165, 1.54) is 12.8 Å². The number of carboxylic acids is 1. The first-order valence-corrected chi connectivity index (χ1v) is 5.64. The van der Waals surface area contributed by atoms with Gasteiger partial charge in [-0.1, -0.05) is 33.1 Å². The number of aliphatic carboxylic acids is 1. The Morgan fingerprint density at radius 2 is 1.87 bits per heavy atom. The highest BCUT2D eigenvalue weighted by atomic mass is 16.4. The second-order valence-corrected chi connectivity index (χ2v) is 3.65. The second kappa shape index (κ2) is 8.41. The lowest BCUT2D eigenvalue weighted by atomic mass is 10.1. The van der Waals surface area contributed by atoms with E-state index in [0.717, 1.165) is 19.4 Å². The van der Waals surface area contributed by atoms with Gasteiger partial charge >= 0.3 is 5.97 Å². The minimum atomic E-state index is -1.34. The fourth-order valence-electron chi connectivity index (χ4n) is 1.40. The van der Waals surface area contributed by atoms with Crippen LogP contribution in [0, 0.1) is 0 Å². The van der Waals surface area contributed by atoms with Crippen LogP contribution in [0.5, 0.6) is 0 Å². The number of nitrogens with one attached hydrogen (secondary N) is 1. The van der Waals surface area contributed by atoms with Crippen LogP contribution in [-0.2, 0) is 9.59 Å². The van der Waals surface area contributed by atoms with E-state index in [9.17, 15) is 9.59 Å². The summed E-state index contributed by atoms with van der Waals surface area (Å²) >= 11 is 0. The molecule has 0 heterocycles. The molecule has 0 fully saturated rings. The van der Waals surface area contributed by atoms with Crippen molar-refractivity contribution in [3.8, 4) is 0 Å². The number of rotatable bonds is 9. The van der Waals surface area contributed by atoms with Gasteiger partial charge in [0.1, 0.15) is 0 Å². The fourth-order valence-corrected chi connectivity index (χ4v) is 1.40. The molecule has 0 spiro atoms. The lowest BCUT2D eigenvalue weighted by Crippen LogP contribution is -2.40. The van der Waals surface area contributed by atoms with Crippen molar-refractivity contribution >= 4 is 11.8 Å². The van der Waals surface area contributed by atoms with E-state index >= 15 is 0 Å². The van der Waals surface area contributed by atoms with E-state index in [0.29, 0.717) is 6.42 Å². The number of hydrogen-bond acceptors (Lipinski definition) is 3. The summed E-state index contributed by atoms with van der Waals surface area (Å²) in [5.74, 6) is -2.07. The number of carbonyl (C=O) groups excluding carboxylic acids is 1. The van der Waals surface area contributed by atoms with Crippen molar-refractivity contribution < 1.29 is 14.7 Å². The third kappa shape index (κ3) is 6.23. The van der Waals surface area contributed by atoms with E-state index in [1.807, 2.05) is 6.92 Å². The molecule has 15 heavy (non-hydrogen) atoms. The average molecular weight is 215 g/mol. The van der Waals surface area contributed by atoms with E-state index in [4.69, 9.17) is 5.11 Å². The van der Waals surface area contributed by atoms with E-state index in [-0.39, 0.29) is 0 Å². The summed E-state index contributed by atoms with van der Waals surface area (Å²) in [7, 11) is 0. The molecule has 88 valence electrons. The van der Waals surface area contributed by atoms with Gasteiger partial charge < -0.3 is 10.4 Å². The maximum Gasteiger partial charge on any atom is 0.373 e. The van der Waals surface area contributed by atoms with E-state index < -0.39 is 17.8 Å². The standard InChI is InChI=1S/C11H21NO3/c1-3-5-6-7-8-12-9(4-2)10(13)11(14)15/h9,12H,3-8H2,1-2H3,(H,14,15). The Hall–Kier alpha value is -0.900. The van der Waals surface area contributed by atoms with Gasteiger partial charge in [-0.2, -0.15) is 0 Å². The Balaban J connectivity index is 3.71. The van der Waals surface area contributed by atoms with Gasteiger partial charge in [-0.3, -0.25) is 4.79 Å². The molecule has 1 unspecified atom stereocenters. The molecule has 0 saturated heterocycles. The molecule has 0 aliphatic rings. The average Bonchev–Trinajstić information content (AvgIpc) is 2.22. The zero-order chi connectivity index (χ0) is 11.7. The van der Waals surface area contributed by atoms with Crippen molar-refractivity contribution in [1.29, 1.82) is 0 Å². The van der Waals surface area contributed by atoms with Crippen LogP contribution in [0.15, 0.2) is 0 Å². The Morgan fingerprint density at radius 3 is 2.33 bits per heavy atom. The summed E-state index contributed by atoms with van der Waals surface area (Å²) in [5, 5.41) is 11.5. The van der Waals surface area contributed by atoms with Gasteiger partial charge in [0.2, 0.25) is 0 Å². The lowest BCUT2D eigenvalue weighted by molar-refractivity contribution is -0.150. The molecule has 0 saturated carbocycles. The van der Waals surface area contributed by atoms with Crippen molar-refractivity contribution in [3.05, 3.63) is 0 Å². The van der Waals surface area contributed by atoms with Crippen molar-refractivity contribution in [1.82, 2.24) is 5.32 Å². The minimum absolute atomic E-state index is 0.524. The molecular formula is C11H21NO3. The topological polar surface area (TPSA) is 66.4 Å². The van der Waals surface area contributed by atoms with Gasteiger partial charge in [-0.25, -0.2) is 4.79 Å². The third-order valence-electron chi connectivity index (χ3n) is 2.36. The molecule has 1 atom stereocenters. The van der Waals surface area contributed by atoms with Crippen molar-refractivity contribution in [2.24, 2.45) is 0 Å². The van der Waals surface area contributed by atoms with Crippen LogP contribution in [-0.4, -0.2) is 29.4 Å². The predicted molar refractivity (Wildman–Crippen MR) is 58.9 cm³/mol. The predicted octanol–water partition coefficient (Wildman–Crippen LogP) is 1.59. The van der Waals surface area contributed by atoms with Gasteiger partial charge in [0, 0.05) is 0 Å². The first kappa shape index (κ1) is 14.1. The first-order chi connectivity index (χ1) is 7.13. The summed E-state index contributed by atoms with van der Waals surface area (Å²) in [6.07, 6.45) is 5.01. The number of unbranched alkanes of at least 4 members (excludes halogenated alkanes) is 3. The second-order valence-electron chi connectivity index (χ2n) is 3.65. The van der Waals surface area contributed by atoms with Crippen molar-refractivity contribution in [2.75, 3.05) is 6.54 Å². The van der Waals surface area contributed by atoms with Crippen LogP contribution >= 0.6 is 0 Å². The van der Waals surface area contributed by atoms with E-state index in [2.05, 4.69) is 12.2 Å². The Kier molecular flexibility index (Phi) is 7.91. The van der Waals surface area contributed by atoms with Crippen LogP contribution in [0.25, 0.3) is 0 Å². The highest BCUT2D eigenvalue weighted by Crippen LogP contribution is 1.99. The quantitative estimate of drug-likeness (QED) is 0.453. The number of Topliss-reactive ketones (excluding diaryl/α,β-unsaturated/α-hetero) is 1. The largest absolute Gasteiger partial charge is 0.475 e. The highest BCUT2D eigenvalue weighted by molar-refractivity contribution is 6.34. The zero-order valence-corrected chi connectivity index (χ0v) is 9.58. The minimum Gasteiger partial charge on any atom is -0.475 e. The maximum absolute atomic E-state index is 11.1. The normalized spacial score (nSPS) is 12.4. The molecule has 0 bridgehead atoms. The molecule has 0 aliphatic carbocycles. The van der Waals surface area contributed by atoms with Crippen LogP contribution in [0.1, 0.15) is 46.0 Å². The molecule has 0 rings (SSSR count). The molecule has 4 heteroatoms. The van der Waals surface area contributed by atoms with Gasteiger partial charge in [0.15, 0.2) is 0 Å². The van der Waals surface area contributed by atoms with Crippen LogP contribution in [0.4, 0.5) is 0 Å².